The molecule has 4 aromatic rings. The first-order valence-corrected chi connectivity index (χ1v) is 11.4. The molecule has 0 radical (unpaired) electrons. The maximum atomic E-state index is 13.4. The highest BCUT2D eigenvalue weighted by Gasteiger charge is 2.15. The topological polar surface area (TPSA) is 61.0 Å². The molecule has 1 aliphatic rings. The van der Waals surface area contributed by atoms with Crippen molar-refractivity contribution in [1.82, 2.24) is 18.9 Å². The molecule has 0 bridgehead atoms. The van der Waals surface area contributed by atoms with Crippen LogP contribution in [0.25, 0.3) is 22.6 Å². The van der Waals surface area contributed by atoms with Gasteiger partial charge in [-0.05, 0) is 67.9 Å². The molecule has 0 aliphatic carbocycles. The number of benzene rings is 2. The van der Waals surface area contributed by atoms with Gasteiger partial charge in [0.2, 0.25) is 0 Å². The molecule has 5 rings (SSSR count). The zero-order valence-electron chi connectivity index (χ0n) is 18.4. The Hall–Kier alpha value is -3.29. The minimum atomic E-state index is -0.222. The third-order valence-electron chi connectivity index (χ3n) is 5.99. The van der Waals surface area contributed by atoms with E-state index in [4.69, 9.17) is 21.1 Å². The summed E-state index contributed by atoms with van der Waals surface area (Å²) in [6.45, 7) is 3.76. The van der Waals surface area contributed by atoms with E-state index in [2.05, 4.69) is 9.88 Å². The first kappa shape index (κ1) is 21.6. The number of rotatable bonds is 7. The summed E-state index contributed by atoms with van der Waals surface area (Å²) < 4.78 is 14.6. The second kappa shape index (κ2) is 9.29. The Morgan fingerprint density at radius 2 is 1.79 bits per heavy atom. The number of fused-ring (bicyclic) bond motifs is 1. The zero-order valence-corrected chi connectivity index (χ0v) is 19.2. The van der Waals surface area contributed by atoms with Crippen LogP contribution in [0.3, 0.4) is 0 Å². The van der Waals surface area contributed by atoms with Gasteiger partial charge in [-0.1, -0.05) is 23.7 Å². The van der Waals surface area contributed by atoms with Gasteiger partial charge in [-0.3, -0.25) is 9.47 Å². The average Bonchev–Trinajstić information content (AvgIpc) is 3.51. The highest BCUT2D eigenvalue weighted by molar-refractivity contribution is 6.30. The Labute approximate surface area is 196 Å². The minimum absolute atomic E-state index is 0.222. The Morgan fingerprint density at radius 1 is 1.00 bits per heavy atom. The van der Waals surface area contributed by atoms with E-state index in [0.717, 1.165) is 30.9 Å². The van der Waals surface area contributed by atoms with Crippen LogP contribution in [0.2, 0.25) is 5.02 Å². The number of methoxy groups -OCH3 is 1. The van der Waals surface area contributed by atoms with Gasteiger partial charge in [0, 0.05) is 17.6 Å². The van der Waals surface area contributed by atoms with Crippen LogP contribution in [-0.4, -0.2) is 52.2 Å². The summed E-state index contributed by atoms with van der Waals surface area (Å²) in [5.74, 6) is 1.23. The van der Waals surface area contributed by atoms with Crippen molar-refractivity contribution in [3.63, 3.8) is 0 Å². The van der Waals surface area contributed by atoms with E-state index in [1.165, 1.54) is 23.7 Å². The van der Waals surface area contributed by atoms with Crippen LogP contribution in [0, 0.1) is 0 Å². The number of nitrogens with zero attached hydrogens (tertiary/aromatic N) is 4. The molecule has 0 spiro atoms. The summed E-state index contributed by atoms with van der Waals surface area (Å²) in [5.41, 5.74) is 2.64. The summed E-state index contributed by atoms with van der Waals surface area (Å²) >= 11 is 6.02. The Morgan fingerprint density at radius 3 is 2.55 bits per heavy atom. The lowest BCUT2D eigenvalue weighted by molar-refractivity contribution is 0.230. The molecule has 0 atom stereocenters. The van der Waals surface area contributed by atoms with E-state index in [-0.39, 0.29) is 5.69 Å². The van der Waals surface area contributed by atoms with Crippen molar-refractivity contribution in [2.24, 2.45) is 0 Å². The number of halogens is 1. The molecule has 33 heavy (non-hydrogen) atoms. The van der Waals surface area contributed by atoms with Gasteiger partial charge < -0.3 is 9.47 Å². The molecule has 1 saturated heterocycles. The van der Waals surface area contributed by atoms with Gasteiger partial charge in [0.25, 0.3) is 0 Å². The molecule has 1 fully saturated rings. The van der Waals surface area contributed by atoms with Crippen molar-refractivity contribution in [1.29, 1.82) is 0 Å². The smallest absolute Gasteiger partial charge is 0.340 e. The maximum absolute atomic E-state index is 13.4. The van der Waals surface area contributed by atoms with Crippen molar-refractivity contribution in [3.8, 4) is 28.4 Å². The molecule has 0 amide bonds. The zero-order chi connectivity index (χ0) is 22.8. The SMILES string of the molecule is COc1cc(-n2cnc3ccc(-c4ccc(Cl)cc4)n3c2=O)ccc1OCCN1CCCC1. The van der Waals surface area contributed by atoms with E-state index in [1.807, 2.05) is 36.4 Å². The van der Waals surface area contributed by atoms with Gasteiger partial charge in [-0.25, -0.2) is 14.2 Å². The molecule has 0 saturated carbocycles. The van der Waals surface area contributed by atoms with Gasteiger partial charge in [-0.15, -0.1) is 0 Å². The summed E-state index contributed by atoms with van der Waals surface area (Å²) in [6, 6.07) is 16.6. The molecular formula is C25H25ClN4O3. The third kappa shape index (κ3) is 4.34. The van der Waals surface area contributed by atoms with Crippen LogP contribution in [0.1, 0.15) is 12.8 Å². The molecule has 170 valence electrons. The molecule has 8 heteroatoms. The summed E-state index contributed by atoms with van der Waals surface area (Å²) in [4.78, 5) is 20.3. The highest BCUT2D eigenvalue weighted by atomic mass is 35.5. The number of likely N-dealkylation sites (tertiary alicyclic amines) is 1. The van der Waals surface area contributed by atoms with E-state index in [1.54, 1.807) is 29.7 Å². The van der Waals surface area contributed by atoms with Gasteiger partial charge in [0.05, 0.1) is 18.5 Å². The van der Waals surface area contributed by atoms with Crippen LogP contribution in [-0.2, 0) is 0 Å². The van der Waals surface area contributed by atoms with Gasteiger partial charge in [0.1, 0.15) is 18.6 Å². The predicted octanol–water partition coefficient (Wildman–Crippen LogP) is 4.29. The van der Waals surface area contributed by atoms with Crippen molar-refractivity contribution in [3.05, 3.63) is 76.4 Å². The quantitative estimate of drug-likeness (QED) is 0.408. The van der Waals surface area contributed by atoms with Crippen LogP contribution in [0.4, 0.5) is 0 Å². The molecule has 1 aliphatic heterocycles. The molecule has 3 heterocycles. The minimum Gasteiger partial charge on any atom is -0.493 e. The monoisotopic (exact) mass is 464 g/mol. The normalized spacial score (nSPS) is 14.1. The van der Waals surface area contributed by atoms with Gasteiger partial charge in [-0.2, -0.15) is 0 Å². The fourth-order valence-electron chi connectivity index (χ4n) is 4.24. The largest absolute Gasteiger partial charge is 0.493 e. The van der Waals surface area contributed by atoms with E-state index < -0.39 is 0 Å². The standard InChI is InChI=1S/C25H25ClN4O3/c1-32-23-16-20(8-10-22(23)33-15-14-28-12-2-3-13-28)29-17-27-24-11-9-21(30(24)25(29)31)18-4-6-19(26)7-5-18/h4-11,16-17H,2-3,12-15H2,1H3. The highest BCUT2D eigenvalue weighted by Crippen LogP contribution is 2.29. The van der Waals surface area contributed by atoms with Gasteiger partial charge >= 0.3 is 5.69 Å². The molecule has 0 N–H and O–H groups in total. The molecular weight excluding hydrogens is 440 g/mol. The van der Waals surface area contributed by atoms with E-state index in [9.17, 15) is 4.79 Å². The summed E-state index contributed by atoms with van der Waals surface area (Å²) in [6.07, 6.45) is 4.05. The molecule has 0 unspecified atom stereocenters. The van der Waals surface area contributed by atoms with Crippen LogP contribution in [0.5, 0.6) is 11.5 Å². The number of ether oxygens (including phenoxy) is 2. The fourth-order valence-corrected chi connectivity index (χ4v) is 4.37. The van der Waals surface area contributed by atoms with Crippen molar-refractivity contribution < 1.29 is 9.47 Å². The summed E-state index contributed by atoms with van der Waals surface area (Å²) in [5, 5.41) is 0.644. The van der Waals surface area contributed by atoms with E-state index >= 15 is 0 Å². The Kier molecular flexibility index (Phi) is 6.07. The predicted molar refractivity (Wildman–Crippen MR) is 129 cm³/mol. The molecule has 2 aromatic heterocycles. The second-order valence-corrected chi connectivity index (χ2v) is 8.49. The first-order valence-electron chi connectivity index (χ1n) is 11.0. The van der Waals surface area contributed by atoms with Crippen LogP contribution < -0.4 is 15.2 Å². The molecule has 2 aromatic carbocycles. The van der Waals surface area contributed by atoms with Crippen molar-refractivity contribution >= 4 is 17.2 Å². The lowest BCUT2D eigenvalue weighted by atomic mass is 10.1. The number of hydrogen-bond donors (Lipinski definition) is 0. The number of hydrogen-bond acceptors (Lipinski definition) is 5. The summed E-state index contributed by atoms with van der Waals surface area (Å²) in [7, 11) is 1.60. The van der Waals surface area contributed by atoms with Crippen LogP contribution in [0.15, 0.2) is 65.7 Å². The molecule has 7 nitrogen and oxygen atoms in total. The van der Waals surface area contributed by atoms with Crippen molar-refractivity contribution in [2.45, 2.75) is 12.8 Å². The number of aromatic nitrogens is 3. The fraction of sp³-hybridized carbons (Fsp3) is 0.280. The van der Waals surface area contributed by atoms with Gasteiger partial charge in [0.15, 0.2) is 11.5 Å². The first-order chi connectivity index (χ1) is 16.1. The maximum Gasteiger partial charge on any atom is 0.340 e. The van der Waals surface area contributed by atoms with Crippen LogP contribution >= 0.6 is 11.6 Å². The average molecular weight is 465 g/mol. The third-order valence-corrected chi connectivity index (χ3v) is 6.24. The van der Waals surface area contributed by atoms with Crippen molar-refractivity contribution in [2.75, 3.05) is 33.4 Å². The Bertz CT molecular complexity index is 1320. The second-order valence-electron chi connectivity index (χ2n) is 8.05. The van der Waals surface area contributed by atoms with E-state index in [0.29, 0.717) is 34.5 Å². The Balaban J connectivity index is 1.45. The lowest BCUT2D eigenvalue weighted by Gasteiger charge is -2.17. The lowest BCUT2D eigenvalue weighted by Crippen LogP contribution is -2.26.